The number of rotatable bonds is 6. The highest BCUT2D eigenvalue weighted by atomic mass is 35.5. The molecule has 1 N–H and O–H groups in total. The van der Waals surface area contributed by atoms with Gasteiger partial charge in [-0.3, -0.25) is 0 Å². The Hall–Kier alpha value is -0.580. The van der Waals surface area contributed by atoms with E-state index in [1.807, 2.05) is 18.5 Å². The molecule has 0 saturated heterocycles. The van der Waals surface area contributed by atoms with E-state index in [0.717, 1.165) is 19.0 Å². The molecule has 0 aromatic carbocycles. The molecule has 0 fully saturated rings. The summed E-state index contributed by atoms with van der Waals surface area (Å²) in [5, 5.41) is 3.97. The molecule has 1 aromatic heterocycles. The van der Waals surface area contributed by atoms with Crippen molar-refractivity contribution in [2.24, 2.45) is 7.05 Å². The van der Waals surface area contributed by atoms with E-state index in [9.17, 15) is 0 Å². The largest absolute Gasteiger partial charge is 0.375 e. The average molecular weight is 246 g/mol. The first-order chi connectivity index (χ1) is 7.46. The van der Waals surface area contributed by atoms with Gasteiger partial charge in [0.15, 0.2) is 0 Å². The SMILES string of the molecule is CCOC(C)(C)CNCc1ncc(Cl)n1C. The van der Waals surface area contributed by atoms with Crippen LogP contribution in [-0.2, 0) is 18.3 Å². The summed E-state index contributed by atoms with van der Waals surface area (Å²) < 4.78 is 7.45. The van der Waals surface area contributed by atoms with Gasteiger partial charge in [0, 0.05) is 20.2 Å². The van der Waals surface area contributed by atoms with Crippen molar-refractivity contribution in [3.05, 3.63) is 17.2 Å². The van der Waals surface area contributed by atoms with Gasteiger partial charge in [0.1, 0.15) is 11.0 Å². The molecule has 0 saturated carbocycles. The van der Waals surface area contributed by atoms with Gasteiger partial charge >= 0.3 is 0 Å². The van der Waals surface area contributed by atoms with E-state index < -0.39 is 0 Å². The van der Waals surface area contributed by atoms with Gasteiger partial charge in [0.05, 0.1) is 18.3 Å². The van der Waals surface area contributed by atoms with E-state index in [1.165, 1.54) is 0 Å². The van der Waals surface area contributed by atoms with Crippen LogP contribution in [0.4, 0.5) is 0 Å². The minimum atomic E-state index is -0.149. The Balaban J connectivity index is 2.38. The fourth-order valence-corrected chi connectivity index (χ4v) is 1.65. The zero-order valence-electron chi connectivity index (χ0n) is 10.4. The Morgan fingerprint density at radius 2 is 2.25 bits per heavy atom. The lowest BCUT2D eigenvalue weighted by molar-refractivity contribution is -0.00909. The Morgan fingerprint density at radius 3 is 2.75 bits per heavy atom. The third kappa shape index (κ3) is 3.77. The number of hydrogen-bond donors (Lipinski definition) is 1. The lowest BCUT2D eigenvalue weighted by Crippen LogP contribution is -2.37. The van der Waals surface area contributed by atoms with Crippen LogP contribution in [0.2, 0.25) is 5.15 Å². The van der Waals surface area contributed by atoms with Gasteiger partial charge in [-0.1, -0.05) is 11.6 Å². The molecular formula is C11H20ClN3O. The van der Waals surface area contributed by atoms with Crippen LogP contribution in [0.5, 0.6) is 0 Å². The molecule has 0 atom stereocenters. The van der Waals surface area contributed by atoms with Gasteiger partial charge in [-0.05, 0) is 20.8 Å². The van der Waals surface area contributed by atoms with Crippen molar-refractivity contribution in [1.29, 1.82) is 0 Å². The van der Waals surface area contributed by atoms with E-state index in [-0.39, 0.29) is 5.60 Å². The molecule has 92 valence electrons. The van der Waals surface area contributed by atoms with Crippen LogP contribution >= 0.6 is 11.6 Å². The van der Waals surface area contributed by atoms with Crippen molar-refractivity contribution < 1.29 is 4.74 Å². The maximum Gasteiger partial charge on any atom is 0.128 e. The molecule has 4 nitrogen and oxygen atoms in total. The zero-order valence-corrected chi connectivity index (χ0v) is 11.1. The van der Waals surface area contributed by atoms with Crippen LogP contribution < -0.4 is 5.32 Å². The Morgan fingerprint density at radius 1 is 1.56 bits per heavy atom. The summed E-state index contributed by atoms with van der Waals surface area (Å²) in [4.78, 5) is 4.21. The molecule has 0 unspecified atom stereocenters. The summed E-state index contributed by atoms with van der Waals surface area (Å²) in [6.07, 6.45) is 1.66. The van der Waals surface area contributed by atoms with E-state index in [4.69, 9.17) is 16.3 Å². The quantitative estimate of drug-likeness (QED) is 0.833. The monoisotopic (exact) mass is 245 g/mol. The number of nitrogens with one attached hydrogen (secondary N) is 1. The van der Waals surface area contributed by atoms with Crippen molar-refractivity contribution in [2.75, 3.05) is 13.2 Å². The summed E-state index contributed by atoms with van der Waals surface area (Å²) in [5.74, 6) is 0.928. The molecule has 0 aliphatic heterocycles. The summed E-state index contributed by atoms with van der Waals surface area (Å²) in [5.41, 5.74) is -0.149. The second kappa shape index (κ2) is 5.66. The highest BCUT2D eigenvalue weighted by molar-refractivity contribution is 6.29. The Labute approximate surface area is 102 Å². The summed E-state index contributed by atoms with van der Waals surface area (Å²) >= 11 is 5.90. The summed E-state index contributed by atoms with van der Waals surface area (Å²) in [6, 6.07) is 0. The first-order valence-electron chi connectivity index (χ1n) is 5.47. The molecule has 1 heterocycles. The molecule has 0 amide bonds. The van der Waals surface area contributed by atoms with Crippen LogP contribution in [0.15, 0.2) is 6.20 Å². The first-order valence-corrected chi connectivity index (χ1v) is 5.85. The average Bonchev–Trinajstić information content (AvgIpc) is 2.49. The Bertz CT molecular complexity index is 336. The van der Waals surface area contributed by atoms with Gasteiger partial charge in [-0.15, -0.1) is 0 Å². The molecule has 0 aliphatic carbocycles. The highest BCUT2D eigenvalue weighted by Gasteiger charge is 2.17. The van der Waals surface area contributed by atoms with Gasteiger partial charge in [0.2, 0.25) is 0 Å². The second-order valence-electron chi connectivity index (χ2n) is 4.35. The van der Waals surface area contributed by atoms with Gasteiger partial charge < -0.3 is 14.6 Å². The number of nitrogens with zero attached hydrogens (tertiary/aromatic N) is 2. The topological polar surface area (TPSA) is 39.1 Å². The summed E-state index contributed by atoms with van der Waals surface area (Å²) in [7, 11) is 1.90. The molecule has 0 bridgehead atoms. The first kappa shape index (κ1) is 13.5. The highest BCUT2D eigenvalue weighted by Crippen LogP contribution is 2.10. The van der Waals surface area contributed by atoms with E-state index in [2.05, 4.69) is 24.1 Å². The number of aromatic nitrogens is 2. The predicted molar refractivity (Wildman–Crippen MR) is 65.6 cm³/mol. The van der Waals surface area contributed by atoms with E-state index in [1.54, 1.807) is 6.20 Å². The predicted octanol–water partition coefficient (Wildman–Crippen LogP) is 1.98. The number of ether oxygens (including phenoxy) is 1. The van der Waals surface area contributed by atoms with Crippen molar-refractivity contribution in [3.8, 4) is 0 Å². The van der Waals surface area contributed by atoms with Crippen LogP contribution in [0.3, 0.4) is 0 Å². The molecule has 5 heteroatoms. The molecule has 0 radical (unpaired) electrons. The van der Waals surface area contributed by atoms with E-state index >= 15 is 0 Å². The number of hydrogen-bond acceptors (Lipinski definition) is 3. The van der Waals surface area contributed by atoms with Crippen molar-refractivity contribution in [3.63, 3.8) is 0 Å². The van der Waals surface area contributed by atoms with Gasteiger partial charge in [-0.25, -0.2) is 4.98 Å². The standard InChI is InChI=1S/C11H20ClN3O/c1-5-16-11(2,3)8-13-7-10-14-6-9(12)15(10)4/h6,13H,5,7-8H2,1-4H3. The zero-order chi connectivity index (χ0) is 12.2. The number of halogens is 1. The third-order valence-electron chi connectivity index (χ3n) is 2.40. The van der Waals surface area contributed by atoms with Gasteiger partial charge in [0.25, 0.3) is 0 Å². The molecule has 0 spiro atoms. The van der Waals surface area contributed by atoms with Crippen molar-refractivity contribution in [2.45, 2.75) is 32.9 Å². The minimum absolute atomic E-state index is 0.149. The molecule has 16 heavy (non-hydrogen) atoms. The number of imidazole rings is 1. The normalized spacial score (nSPS) is 12.1. The van der Waals surface area contributed by atoms with E-state index in [0.29, 0.717) is 11.7 Å². The smallest absolute Gasteiger partial charge is 0.128 e. The third-order valence-corrected chi connectivity index (χ3v) is 2.75. The van der Waals surface area contributed by atoms with Crippen LogP contribution in [0, 0.1) is 0 Å². The maximum atomic E-state index is 5.90. The van der Waals surface area contributed by atoms with Gasteiger partial charge in [-0.2, -0.15) is 0 Å². The van der Waals surface area contributed by atoms with Crippen LogP contribution in [0.25, 0.3) is 0 Å². The second-order valence-corrected chi connectivity index (χ2v) is 4.74. The molecule has 1 aromatic rings. The lowest BCUT2D eigenvalue weighted by Gasteiger charge is -2.24. The maximum absolute atomic E-state index is 5.90. The lowest BCUT2D eigenvalue weighted by atomic mass is 10.1. The van der Waals surface area contributed by atoms with Crippen molar-refractivity contribution >= 4 is 11.6 Å². The van der Waals surface area contributed by atoms with Crippen LogP contribution in [0.1, 0.15) is 26.6 Å². The summed E-state index contributed by atoms with van der Waals surface area (Å²) in [6.45, 7) is 8.33. The minimum Gasteiger partial charge on any atom is -0.375 e. The fourth-order valence-electron chi connectivity index (χ4n) is 1.51. The molecular weight excluding hydrogens is 226 g/mol. The van der Waals surface area contributed by atoms with Crippen molar-refractivity contribution in [1.82, 2.24) is 14.9 Å². The van der Waals surface area contributed by atoms with Crippen LogP contribution in [-0.4, -0.2) is 28.3 Å². The Kier molecular flexibility index (Phi) is 4.77. The fraction of sp³-hybridized carbons (Fsp3) is 0.727. The molecule has 0 aliphatic rings. The molecule has 1 rings (SSSR count).